The fourth-order valence-electron chi connectivity index (χ4n) is 3.26. The summed E-state index contributed by atoms with van der Waals surface area (Å²) in [6, 6.07) is 7.76. The van der Waals surface area contributed by atoms with Crippen molar-refractivity contribution in [3.8, 4) is 17.6 Å². The van der Waals surface area contributed by atoms with Crippen LogP contribution in [0.25, 0.3) is 0 Å². The predicted molar refractivity (Wildman–Crippen MR) is 112 cm³/mol. The molecule has 1 aliphatic heterocycles. The molecule has 0 unspecified atom stereocenters. The fraction of sp³-hybridized carbons (Fsp3) is 0.440. The van der Waals surface area contributed by atoms with Gasteiger partial charge in [0, 0.05) is 5.92 Å². The molecule has 6 heteroatoms. The number of aryl methyl sites for hydroxylation is 1. The molecule has 1 fully saturated rings. The van der Waals surface area contributed by atoms with Crippen molar-refractivity contribution < 1.29 is 27.4 Å². The zero-order chi connectivity index (χ0) is 22.2. The lowest BCUT2D eigenvalue weighted by Gasteiger charge is -2.27. The maximum absolute atomic E-state index is 14.4. The Morgan fingerprint density at radius 3 is 2.48 bits per heavy atom. The molecule has 0 amide bonds. The quantitative estimate of drug-likeness (QED) is 0.404. The number of benzene rings is 2. The Morgan fingerprint density at radius 1 is 1.00 bits per heavy atom. The zero-order valence-electron chi connectivity index (χ0n) is 17.8. The van der Waals surface area contributed by atoms with Gasteiger partial charge in [-0.1, -0.05) is 44.2 Å². The first-order valence-electron chi connectivity index (χ1n) is 10.6. The van der Waals surface area contributed by atoms with Crippen molar-refractivity contribution in [1.29, 1.82) is 0 Å². The minimum atomic E-state index is -0.982. The second-order valence-corrected chi connectivity index (χ2v) is 7.62. The van der Waals surface area contributed by atoms with Crippen molar-refractivity contribution >= 4 is 0 Å². The summed E-state index contributed by atoms with van der Waals surface area (Å²) in [5.41, 5.74) is 0.912. The number of halogens is 3. The molecule has 2 aromatic carbocycles. The first-order valence-corrected chi connectivity index (χ1v) is 10.6. The number of hydrogen-bond acceptors (Lipinski definition) is 3. The van der Waals surface area contributed by atoms with Crippen LogP contribution in [0.4, 0.5) is 13.2 Å². The summed E-state index contributed by atoms with van der Waals surface area (Å²) < 4.78 is 58.6. The maximum atomic E-state index is 14.4. The Labute approximate surface area is 181 Å². The summed E-state index contributed by atoms with van der Waals surface area (Å²) in [6.45, 7) is 4.68. The highest BCUT2D eigenvalue weighted by Gasteiger charge is 2.23. The molecule has 2 aromatic rings. The van der Waals surface area contributed by atoms with E-state index in [0.29, 0.717) is 6.61 Å². The molecule has 166 valence electrons. The van der Waals surface area contributed by atoms with E-state index >= 15 is 0 Å². The third kappa shape index (κ3) is 6.25. The highest BCUT2D eigenvalue weighted by atomic mass is 19.2. The van der Waals surface area contributed by atoms with E-state index in [4.69, 9.17) is 14.2 Å². The van der Waals surface area contributed by atoms with Gasteiger partial charge in [-0.3, -0.25) is 0 Å². The molecule has 3 nitrogen and oxygen atoms in total. The predicted octanol–water partition coefficient (Wildman–Crippen LogP) is 5.88. The number of hydrogen-bond donors (Lipinski definition) is 0. The van der Waals surface area contributed by atoms with Gasteiger partial charge >= 0.3 is 0 Å². The third-order valence-corrected chi connectivity index (χ3v) is 5.18. The minimum Gasteiger partial charge on any atom is -0.491 e. The molecule has 0 saturated carbocycles. The molecule has 0 spiro atoms. The van der Waals surface area contributed by atoms with Crippen molar-refractivity contribution in [1.82, 2.24) is 0 Å². The van der Waals surface area contributed by atoms with E-state index in [9.17, 15) is 13.2 Å². The molecule has 0 aliphatic carbocycles. The SMILES string of the molecule is CCCCCCOc1ccc(C2COC(C#Cc3ccc(C)c(F)c3F)OC2)cc1F. The van der Waals surface area contributed by atoms with E-state index in [1.807, 2.05) is 0 Å². The number of unbranched alkanes of at least 4 members (excludes halogenated alkanes) is 3. The second kappa shape index (κ2) is 11.2. The second-order valence-electron chi connectivity index (χ2n) is 7.62. The first kappa shape index (κ1) is 23.2. The first-order chi connectivity index (χ1) is 15.0. The van der Waals surface area contributed by atoms with Crippen LogP contribution in [0.15, 0.2) is 30.3 Å². The zero-order valence-corrected chi connectivity index (χ0v) is 17.8. The van der Waals surface area contributed by atoms with Gasteiger partial charge < -0.3 is 14.2 Å². The molecule has 0 atom stereocenters. The lowest BCUT2D eigenvalue weighted by atomic mass is 10.00. The lowest BCUT2D eigenvalue weighted by Crippen LogP contribution is -2.29. The highest BCUT2D eigenvalue weighted by Crippen LogP contribution is 2.27. The van der Waals surface area contributed by atoms with Crippen molar-refractivity contribution in [2.24, 2.45) is 0 Å². The molecule has 0 aromatic heterocycles. The van der Waals surface area contributed by atoms with Crippen LogP contribution in [0.5, 0.6) is 5.75 Å². The minimum absolute atomic E-state index is 0.0511. The van der Waals surface area contributed by atoms with Gasteiger partial charge in [0.1, 0.15) is 0 Å². The van der Waals surface area contributed by atoms with E-state index in [-0.39, 0.29) is 36.0 Å². The summed E-state index contributed by atoms with van der Waals surface area (Å²) in [7, 11) is 0. The molecule has 1 saturated heterocycles. The van der Waals surface area contributed by atoms with Crippen LogP contribution in [0, 0.1) is 36.2 Å². The average Bonchev–Trinajstić information content (AvgIpc) is 2.78. The lowest BCUT2D eigenvalue weighted by molar-refractivity contribution is -0.153. The number of ether oxygens (including phenoxy) is 3. The summed E-state index contributed by atoms with van der Waals surface area (Å²) in [5.74, 6) is 3.01. The summed E-state index contributed by atoms with van der Waals surface area (Å²) in [4.78, 5) is 0. The van der Waals surface area contributed by atoms with Crippen LogP contribution in [-0.2, 0) is 9.47 Å². The van der Waals surface area contributed by atoms with Gasteiger partial charge in [0.2, 0.25) is 6.29 Å². The van der Waals surface area contributed by atoms with Crippen molar-refractivity contribution in [2.45, 2.75) is 51.7 Å². The largest absolute Gasteiger partial charge is 0.491 e. The Kier molecular flexibility index (Phi) is 8.39. The van der Waals surface area contributed by atoms with E-state index in [1.165, 1.54) is 25.1 Å². The van der Waals surface area contributed by atoms with E-state index in [0.717, 1.165) is 31.2 Å². The summed E-state index contributed by atoms with van der Waals surface area (Å²) in [6.07, 6.45) is 3.41. The Bertz CT molecular complexity index is 941. The molecule has 3 rings (SSSR count). The smallest absolute Gasteiger partial charge is 0.222 e. The van der Waals surface area contributed by atoms with Gasteiger partial charge in [-0.2, -0.15) is 0 Å². The maximum Gasteiger partial charge on any atom is 0.222 e. The third-order valence-electron chi connectivity index (χ3n) is 5.18. The van der Waals surface area contributed by atoms with Crippen LogP contribution < -0.4 is 4.74 Å². The van der Waals surface area contributed by atoms with E-state index in [1.54, 1.807) is 12.1 Å². The van der Waals surface area contributed by atoms with Gasteiger partial charge in [0.25, 0.3) is 0 Å². The number of rotatable bonds is 7. The fourth-order valence-corrected chi connectivity index (χ4v) is 3.26. The molecule has 0 radical (unpaired) electrons. The van der Waals surface area contributed by atoms with Gasteiger partial charge in [-0.25, -0.2) is 13.2 Å². The Balaban J connectivity index is 1.53. The Morgan fingerprint density at radius 2 is 1.77 bits per heavy atom. The van der Waals surface area contributed by atoms with Crippen molar-refractivity contribution in [2.75, 3.05) is 19.8 Å². The van der Waals surface area contributed by atoms with E-state index < -0.39 is 23.7 Å². The molecule has 1 heterocycles. The molecule has 0 bridgehead atoms. The molecular weight excluding hydrogens is 405 g/mol. The summed E-state index contributed by atoms with van der Waals surface area (Å²) in [5, 5.41) is 0. The van der Waals surface area contributed by atoms with Crippen LogP contribution >= 0.6 is 0 Å². The molecule has 1 aliphatic rings. The van der Waals surface area contributed by atoms with Crippen LogP contribution in [0.1, 0.15) is 55.2 Å². The molecule has 31 heavy (non-hydrogen) atoms. The van der Waals surface area contributed by atoms with Crippen molar-refractivity contribution in [3.63, 3.8) is 0 Å². The molecule has 0 N–H and O–H groups in total. The van der Waals surface area contributed by atoms with Crippen molar-refractivity contribution in [3.05, 3.63) is 64.5 Å². The van der Waals surface area contributed by atoms with Crippen LogP contribution in [-0.4, -0.2) is 26.1 Å². The van der Waals surface area contributed by atoms with Gasteiger partial charge in [0.15, 0.2) is 23.2 Å². The molecular formula is C25H27F3O3. The topological polar surface area (TPSA) is 27.7 Å². The van der Waals surface area contributed by atoms with Crippen LogP contribution in [0.2, 0.25) is 0 Å². The normalized spacial score (nSPS) is 18.4. The summed E-state index contributed by atoms with van der Waals surface area (Å²) >= 11 is 0. The van der Waals surface area contributed by atoms with Crippen LogP contribution in [0.3, 0.4) is 0 Å². The monoisotopic (exact) mass is 432 g/mol. The van der Waals surface area contributed by atoms with Gasteiger partial charge in [0.05, 0.1) is 25.4 Å². The highest BCUT2D eigenvalue weighted by molar-refractivity contribution is 5.38. The van der Waals surface area contributed by atoms with Gasteiger partial charge in [-0.05, 0) is 48.6 Å². The standard InChI is InChI=1S/C25H27F3O3/c1-3-4-5-6-13-29-22-11-9-19(14-21(22)26)20-15-30-23(31-16-20)12-10-18-8-7-17(2)24(27)25(18)28/h7-9,11,14,20,23H,3-6,13,15-16H2,1-2H3. The average molecular weight is 432 g/mol. The van der Waals surface area contributed by atoms with E-state index in [2.05, 4.69) is 18.8 Å². The Hall–Kier alpha value is -2.49. The van der Waals surface area contributed by atoms with Gasteiger partial charge in [-0.15, -0.1) is 0 Å².